The van der Waals surface area contributed by atoms with Crippen LogP contribution in [0.4, 0.5) is 5.82 Å². The van der Waals surface area contributed by atoms with Crippen LogP contribution in [0, 0.1) is 0 Å². The SMILES string of the molecule is CC(C)(C)N1CCN(c2cnccn2)CC1. The number of piperazine rings is 1. The number of rotatable bonds is 1. The lowest BCUT2D eigenvalue weighted by atomic mass is 10.1. The van der Waals surface area contributed by atoms with E-state index < -0.39 is 0 Å². The van der Waals surface area contributed by atoms with E-state index in [0.717, 1.165) is 32.0 Å². The Morgan fingerprint density at radius 3 is 2.25 bits per heavy atom. The maximum Gasteiger partial charge on any atom is 0.147 e. The van der Waals surface area contributed by atoms with E-state index in [9.17, 15) is 0 Å². The van der Waals surface area contributed by atoms with Crippen LogP contribution in [0.1, 0.15) is 20.8 Å². The summed E-state index contributed by atoms with van der Waals surface area (Å²) in [5, 5.41) is 0. The normalized spacial score (nSPS) is 18.8. The Morgan fingerprint density at radius 1 is 1.06 bits per heavy atom. The summed E-state index contributed by atoms with van der Waals surface area (Å²) in [7, 11) is 0. The Hall–Kier alpha value is -1.16. The maximum atomic E-state index is 4.33. The van der Waals surface area contributed by atoms with E-state index in [4.69, 9.17) is 0 Å². The molecule has 1 aliphatic rings. The molecule has 1 aromatic rings. The molecule has 0 saturated carbocycles. The van der Waals surface area contributed by atoms with E-state index in [1.165, 1.54) is 0 Å². The summed E-state index contributed by atoms with van der Waals surface area (Å²) in [6.45, 7) is 11.1. The third-order valence-electron chi connectivity index (χ3n) is 3.10. The predicted molar refractivity (Wildman–Crippen MR) is 65.6 cm³/mol. The zero-order valence-corrected chi connectivity index (χ0v) is 10.3. The van der Waals surface area contributed by atoms with Crippen molar-refractivity contribution in [1.29, 1.82) is 0 Å². The van der Waals surface area contributed by atoms with Gasteiger partial charge in [-0.3, -0.25) is 9.88 Å². The number of hydrogen-bond acceptors (Lipinski definition) is 4. The lowest BCUT2D eigenvalue weighted by Gasteiger charge is -2.42. The van der Waals surface area contributed by atoms with Crippen LogP contribution in [0.3, 0.4) is 0 Å². The van der Waals surface area contributed by atoms with Crippen LogP contribution in [0.15, 0.2) is 18.6 Å². The van der Waals surface area contributed by atoms with Crippen molar-refractivity contribution in [3.8, 4) is 0 Å². The highest BCUT2D eigenvalue weighted by Crippen LogP contribution is 2.18. The van der Waals surface area contributed by atoms with Crippen molar-refractivity contribution in [1.82, 2.24) is 14.9 Å². The molecule has 0 radical (unpaired) electrons. The molecule has 2 heterocycles. The summed E-state index contributed by atoms with van der Waals surface area (Å²) in [6.07, 6.45) is 5.31. The van der Waals surface area contributed by atoms with E-state index in [1.807, 2.05) is 6.20 Å². The molecule has 1 saturated heterocycles. The Bertz CT molecular complexity index is 323. The second-order valence-corrected chi connectivity index (χ2v) is 5.21. The zero-order chi connectivity index (χ0) is 11.6. The largest absolute Gasteiger partial charge is 0.353 e. The summed E-state index contributed by atoms with van der Waals surface area (Å²) in [5.41, 5.74) is 0.272. The van der Waals surface area contributed by atoms with Crippen LogP contribution < -0.4 is 4.90 Å². The molecule has 0 aliphatic carbocycles. The molecular formula is C12H20N4. The highest BCUT2D eigenvalue weighted by Gasteiger charge is 2.26. The summed E-state index contributed by atoms with van der Waals surface area (Å²) in [5.74, 6) is 0.996. The van der Waals surface area contributed by atoms with Crippen LogP contribution in [-0.2, 0) is 0 Å². The standard InChI is InChI=1S/C12H20N4/c1-12(2,3)16-8-6-15(7-9-16)11-10-13-4-5-14-11/h4-5,10H,6-9H2,1-3H3. The second-order valence-electron chi connectivity index (χ2n) is 5.21. The summed E-state index contributed by atoms with van der Waals surface area (Å²) < 4.78 is 0. The van der Waals surface area contributed by atoms with E-state index in [1.54, 1.807) is 12.4 Å². The molecule has 0 amide bonds. The Balaban J connectivity index is 1.96. The van der Waals surface area contributed by atoms with Gasteiger partial charge in [0.1, 0.15) is 5.82 Å². The first-order valence-corrected chi connectivity index (χ1v) is 5.83. The quantitative estimate of drug-likeness (QED) is 0.716. The topological polar surface area (TPSA) is 32.3 Å². The minimum absolute atomic E-state index is 0.272. The van der Waals surface area contributed by atoms with Gasteiger partial charge in [-0.15, -0.1) is 0 Å². The fraction of sp³-hybridized carbons (Fsp3) is 0.667. The molecule has 1 aliphatic heterocycles. The van der Waals surface area contributed by atoms with Crippen molar-refractivity contribution >= 4 is 5.82 Å². The average molecular weight is 220 g/mol. The zero-order valence-electron chi connectivity index (χ0n) is 10.3. The number of aromatic nitrogens is 2. The van der Waals surface area contributed by atoms with Gasteiger partial charge in [-0.25, -0.2) is 4.98 Å². The van der Waals surface area contributed by atoms with Gasteiger partial charge in [-0.1, -0.05) is 0 Å². The van der Waals surface area contributed by atoms with E-state index >= 15 is 0 Å². The van der Waals surface area contributed by atoms with E-state index in [-0.39, 0.29) is 5.54 Å². The molecule has 0 spiro atoms. The van der Waals surface area contributed by atoms with Gasteiger partial charge in [0.25, 0.3) is 0 Å². The molecule has 0 bridgehead atoms. The smallest absolute Gasteiger partial charge is 0.147 e. The Kier molecular flexibility index (Phi) is 3.10. The molecule has 2 rings (SSSR count). The molecule has 0 aromatic carbocycles. The van der Waals surface area contributed by atoms with Crippen LogP contribution in [-0.4, -0.2) is 46.6 Å². The molecule has 16 heavy (non-hydrogen) atoms. The molecule has 0 unspecified atom stereocenters. The van der Waals surface area contributed by atoms with Crippen LogP contribution in [0.2, 0.25) is 0 Å². The van der Waals surface area contributed by atoms with Crippen molar-refractivity contribution in [3.63, 3.8) is 0 Å². The fourth-order valence-corrected chi connectivity index (χ4v) is 2.06. The van der Waals surface area contributed by atoms with E-state index in [0.29, 0.717) is 0 Å². The van der Waals surface area contributed by atoms with Crippen molar-refractivity contribution in [2.24, 2.45) is 0 Å². The Labute approximate surface area is 97.3 Å². The highest BCUT2D eigenvalue weighted by molar-refractivity contribution is 5.35. The van der Waals surface area contributed by atoms with Crippen molar-refractivity contribution in [3.05, 3.63) is 18.6 Å². The van der Waals surface area contributed by atoms with Gasteiger partial charge in [0, 0.05) is 44.1 Å². The van der Waals surface area contributed by atoms with Crippen molar-refractivity contribution in [2.45, 2.75) is 26.3 Å². The first-order chi connectivity index (χ1) is 7.57. The Morgan fingerprint density at radius 2 is 1.75 bits per heavy atom. The minimum Gasteiger partial charge on any atom is -0.353 e. The molecule has 0 atom stereocenters. The molecule has 1 aromatic heterocycles. The highest BCUT2D eigenvalue weighted by atomic mass is 15.3. The second kappa shape index (κ2) is 4.37. The van der Waals surface area contributed by atoms with Gasteiger partial charge in [0.15, 0.2) is 0 Å². The fourth-order valence-electron chi connectivity index (χ4n) is 2.06. The van der Waals surface area contributed by atoms with Gasteiger partial charge >= 0.3 is 0 Å². The van der Waals surface area contributed by atoms with Crippen LogP contribution in [0.5, 0.6) is 0 Å². The lowest BCUT2D eigenvalue weighted by molar-refractivity contribution is 0.128. The summed E-state index contributed by atoms with van der Waals surface area (Å²) in [6, 6.07) is 0. The molecule has 0 N–H and O–H groups in total. The predicted octanol–water partition coefficient (Wildman–Crippen LogP) is 1.40. The van der Waals surface area contributed by atoms with Crippen molar-refractivity contribution < 1.29 is 0 Å². The van der Waals surface area contributed by atoms with Crippen molar-refractivity contribution in [2.75, 3.05) is 31.1 Å². The first-order valence-electron chi connectivity index (χ1n) is 5.83. The average Bonchev–Trinajstić information content (AvgIpc) is 2.29. The third-order valence-corrected chi connectivity index (χ3v) is 3.10. The number of nitrogens with zero attached hydrogens (tertiary/aromatic N) is 4. The van der Waals surface area contributed by atoms with Gasteiger partial charge in [0.2, 0.25) is 0 Å². The van der Waals surface area contributed by atoms with Gasteiger partial charge in [-0.2, -0.15) is 0 Å². The summed E-state index contributed by atoms with van der Waals surface area (Å²) in [4.78, 5) is 13.3. The molecule has 88 valence electrons. The van der Waals surface area contributed by atoms with Crippen LogP contribution >= 0.6 is 0 Å². The van der Waals surface area contributed by atoms with Gasteiger partial charge in [0.05, 0.1) is 6.20 Å². The molecular weight excluding hydrogens is 200 g/mol. The first kappa shape index (κ1) is 11.3. The summed E-state index contributed by atoms with van der Waals surface area (Å²) >= 11 is 0. The molecule has 4 heteroatoms. The monoisotopic (exact) mass is 220 g/mol. The third kappa shape index (κ3) is 2.50. The van der Waals surface area contributed by atoms with Crippen LogP contribution in [0.25, 0.3) is 0 Å². The molecule has 1 fully saturated rings. The lowest BCUT2D eigenvalue weighted by Crippen LogP contribution is -2.53. The number of hydrogen-bond donors (Lipinski definition) is 0. The van der Waals surface area contributed by atoms with E-state index in [2.05, 4.69) is 40.5 Å². The maximum absolute atomic E-state index is 4.33. The number of anilines is 1. The minimum atomic E-state index is 0.272. The van der Waals surface area contributed by atoms with Gasteiger partial charge in [-0.05, 0) is 20.8 Å². The molecule has 4 nitrogen and oxygen atoms in total. The van der Waals surface area contributed by atoms with Gasteiger partial charge < -0.3 is 4.90 Å².